The van der Waals surface area contributed by atoms with Crippen LogP contribution in [0.25, 0.3) is 0 Å². The van der Waals surface area contributed by atoms with E-state index in [2.05, 4.69) is 0 Å². The van der Waals surface area contributed by atoms with Crippen LogP contribution < -0.4 is 5.73 Å². The quantitative estimate of drug-likeness (QED) is 0.806. The van der Waals surface area contributed by atoms with Crippen LogP contribution in [0.5, 0.6) is 0 Å². The summed E-state index contributed by atoms with van der Waals surface area (Å²) >= 11 is 0. The zero-order chi connectivity index (χ0) is 11.1. The molecule has 15 heavy (non-hydrogen) atoms. The Labute approximate surface area is 86.1 Å². The SMILES string of the molecule is NCc1ccc(C2(C(F)(F)F)CC2)cc1. The molecule has 0 spiro atoms. The molecule has 0 heterocycles. The first-order chi connectivity index (χ1) is 6.99. The van der Waals surface area contributed by atoms with Crippen LogP contribution in [0.4, 0.5) is 13.2 Å². The van der Waals surface area contributed by atoms with Gasteiger partial charge in [-0.15, -0.1) is 0 Å². The highest BCUT2D eigenvalue weighted by molar-refractivity contribution is 5.35. The Morgan fingerprint density at radius 3 is 2.00 bits per heavy atom. The number of hydrogen-bond acceptors (Lipinski definition) is 1. The van der Waals surface area contributed by atoms with E-state index in [0.29, 0.717) is 12.1 Å². The van der Waals surface area contributed by atoms with E-state index < -0.39 is 11.6 Å². The first-order valence-corrected chi connectivity index (χ1v) is 4.86. The van der Waals surface area contributed by atoms with Gasteiger partial charge in [-0.3, -0.25) is 0 Å². The van der Waals surface area contributed by atoms with Crippen molar-refractivity contribution in [1.29, 1.82) is 0 Å². The minimum Gasteiger partial charge on any atom is -0.326 e. The lowest BCUT2D eigenvalue weighted by atomic mass is 9.94. The molecule has 0 aromatic heterocycles. The molecule has 0 saturated heterocycles. The van der Waals surface area contributed by atoms with Crippen molar-refractivity contribution in [2.75, 3.05) is 0 Å². The summed E-state index contributed by atoms with van der Waals surface area (Å²) in [7, 11) is 0. The lowest BCUT2D eigenvalue weighted by Gasteiger charge is -2.19. The molecule has 0 amide bonds. The van der Waals surface area contributed by atoms with Crippen LogP contribution in [0.1, 0.15) is 24.0 Å². The molecule has 1 aromatic rings. The molecule has 1 nitrogen and oxygen atoms in total. The van der Waals surface area contributed by atoms with Gasteiger partial charge in [-0.05, 0) is 24.0 Å². The minimum atomic E-state index is -4.13. The minimum absolute atomic E-state index is 0.207. The van der Waals surface area contributed by atoms with Crippen LogP contribution in [0.2, 0.25) is 0 Å². The van der Waals surface area contributed by atoms with Gasteiger partial charge in [0, 0.05) is 6.54 Å². The normalized spacial score (nSPS) is 18.9. The lowest BCUT2D eigenvalue weighted by molar-refractivity contribution is -0.160. The smallest absolute Gasteiger partial charge is 0.326 e. The predicted molar refractivity (Wildman–Crippen MR) is 51.3 cm³/mol. The third-order valence-electron chi connectivity index (χ3n) is 3.03. The van der Waals surface area contributed by atoms with Crippen LogP contribution in [-0.2, 0) is 12.0 Å². The highest BCUT2D eigenvalue weighted by atomic mass is 19.4. The first-order valence-electron chi connectivity index (χ1n) is 4.86. The topological polar surface area (TPSA) is 26.0 Å². The van der Waals surface area contributed by atoms with Gasteiger partial charge < -0.3 is 5.73 Å². The van der Waals surface area contributed by atoms with Gasteiger partial charge in [-0.2, -0.15) is 13.2 Å². The summed E-state index contributed by atoms with van der Waals surface area (Å²) in [6.07, 6.45) is -3.71. The van der Waals surface area contributed by atoms with Gasteiger partial charge >= 0.3 is 6.18 Å². The molecule has 0 bridgehead atoms. The fourth-order valence-electron chi connectivity index (χ4n) is 1.82. The monoisotopic (exact) mass is 215 g/mol. The molecule has 2 N–H and O–H groups in total. The van der Waals surface area contributed by atoms with Gasteiger partial charge in [0.15, 0.2) is 0 Å². The fraction of sp³-hybridized carbons (Fsp3) is 0.455. The predicted octanol–water partition coefficient (Wildman–Crippen LogP) is 2.74. The second-order valence-electron chi connectivity index (χ2n) is 3.98. The number of benzene rings is 1. The van der Waals surface area contributed by atoms with E-state index in [4.69, 9.17) is 5.73 Å². The van der Waals surface area contributed by atoms with Crippen LogP contribution in [0.15, 0.2) is 24.3 Å². The maximum absolute atomic E-state index is 12.7. The van der Waals surface area contributed by atoms with Crippen molar-refractivity contribution >= 4 is 0 Å². The van der Waals surface area contributed by atoms with Crippen molar-refractivity contribution in [3.63, 3.8) is 0 Å². The van der Waals surface area contributed by atoms with Gasteiger partial charge in [0.2, 0.25) is 0 Å². The van der Waals surface area contributed by atoms with Crippen molar-refractivity contribution < 1.29 is 13.2 Å². The summed E-state index contributed by atoms with van der Waals surface area (Å²) in [5.74, 6) is 0. The van der Waals surface area contributed by atoms with E-state index >= 15 is 0 Å². The van der Waals surface area contributed by atoms with Crippen molar-refractivity contribution in [1.82, 2.24) is 0 Å². The van der Waals surface area contributed by atoms with E-state index in [1.165, 1.54) is 0 Å². The van der Waals surface area contributed by atoms with Gasteiger partial charge in [-0.25, -0.2) is 0 Å². The number of alkyl halides is 3. The Balaban J connectivity index is 2.30. The Morgan fingerprint density at radius 1 is 1.13 bits per heavy atom. The Bertz CT molecular complexity index is 349. The zero-order valence-electron chi connectivity index (χ0n) is 8.14. The van der Waals surface area contributed by atoms with Gasteiger partial charge in [0.1, 0.15) is 0 Å². The number of nitrogens with two attached hydrogens (primary N) is 1. The Hall–Kier alpha value is -1.03. The third kappa shape index (κ3) is 1.63. The summed E-state index contributed by atoms with van der Waals surface area (Å²) in [5.41, 5.74) is 5.04. The largest absolute Gasteiger partial charge is 0.398 e. The molecule has 82 valence electrons. The van der Waals surface area contributed by atoms with Crippen molar-refractivity contribution in [3.8, 4) is 0 Å². The number of rotatable bonds is 2. The van der Waals surface area contributed by atoms with Crippen LogP contribution in [-0.4, -0.2) is 6.18 Å². The molecular weight excluding hydrogens is 203 g/mol. The van der Waals surface area contributed by atoms with E-state index in [0.717, 1.165) is 5.56 Å². The molecule has 1 aromatic carbocycles. The highest BCUT2D eigenvalue weighted by Crippen LogP contribution is 2.58. The van der Waals surface area contributed by atoms with Gasteiger partial charge in [-0.1, -0.05) is 24.3 Å². The average molecular weight is 215 g/mol. The molecule has 1 fully saturated rings. The summed E-state index contributed by atoms with van der Waals surface area (Å²) < 4.78 is 38.2. The van der Waals surface area contributed by atoms with Crippen LogP contribution in [0.3, 0.4) is 0 Å². The third-order valence-corrected chi connectivity index (χ3v) is 3.03. The van der Waals surface area contributed by atoms with Crippen LogP contribution >= 0.6 is 0 Å². The molecule has 2 rings (SSSR count). The average Bonchev–Trinajstić information content (AvgIpc) is 2.98. The van der Waals surface area contributed by atoms with E-state index in [1.54, 1.807) is 24.3 Å². The van der Waals surface area contributed by atoms with E-state index in [-0.39, 0.29) is 12.8 Å². The lowest BCUT2D eigenvalue weighted by Crippen LogP contribution is -2.28. The molecule has 1 aliphatic carbocycles. The molecule has 0 atom stereocenters. The fourth-order valence-corrected chi connectivity index (χ4v) is 1.82. The first kappa shape index (κ1) is 10.5. The summed E-state index contributed by atoms with van der Waals surface area (Å²) in [6, 6.07) is 6.42. The second kappa shape index (κ2) is 3.23. The van der Waals surface area contributed by atoms with Crippen molar-refractivity contribution in [3.05, 3.63) is 35.4 Å². The maximum Gasteiger partial charge on any atom is 0.398 e. The van der Waals surface area contributed by atoms with Crippen molar-refractivity contribution in [2.24, 2.45) is 5.73 Å². The summed E-state index contributed by atoms with van der Waals surface area (Å²) in [6.45, 7) is 0.360. The Morgan fingerprint density at radius 2 is 1.67 bits per heavy atom. The number of hydrogen-bond donors (Lipinski definition) is 1. The molecule has 0 aliphatic heterocycles. The molecule has 4 heteroatoms. The summed E-state index contributed by atoms with van der Waals surface area (Å²) in [4.78, 5) is 0. The molecule has 0 radical (unpaired) electrons. The van der Waals surface area contributed by atoms with Crippen LogP contribution in [0, 0.1) is 0 Å². The summed E-state index contributed by atoms with van der Waals surface area (Å²) in [5, 5.41) is 0. The molecule has 1 saturated carbocycles. The van der Waals surface area contributed by atoms with E-state index in [1.807, 2.05) is 0 Å². The standard InChI is InChI=1S/C11H12F3N/c12-11(13,14)10(5-6-10)9-3-1-8(7-15)2-4-9/h1-4H,5-7,15H2. The maximum atomic E-state index is 12.7. The van der Waals surface area contributed by atoms with Crippen molar-refractivity contribution in [2.45, 2.75) is 31.0 Å². The highest BCUT2D eigenvalue weighted by Gasteiger charge is 2.64. The van der Waals surface area contributed by atoms with Gasteiger partial charge in [0.25, 0.3) is 0 Å². The molecular formula is C11H12F3N. The molecule has 1 aliphatic rings. The zero-order valence-corrected chi connectivity index (χ0v) is 8.14. The molecule has 0 unspecified atom stereocenters. The van der Waals surface area contributed by atoms with Gasteiger partial charge in [0.05, 0.1) is 5.41 Å². The van der Waals surface area contributed by atoms with E-state index in [9.17, 15) is 13.2 Å². The number of halogens is 3. The second-order valence-corrected chi connectivity index (χ2v) is 3.98. The Kier molecular flexibility index (Phi) is 2.26.